The topological polar surface area (TPSA) is 64.6 Å². The van der Waals surface area contributed by atoms with Gasteiger partial charge in [0.1, 0.15) is 0 Å². The van der Waals surface area contributed by atoms with Crippen molar-refractivity contribution in [2.45, 2.75) is 58.6 Å². The standard InChI is InChI=1S/C15H31N3O2/c1-5-12(3)15(4,20)11-17-13-7-9-18(10-8-13)14(19)16-6-2/h12-13,17,20H,5-11H2,1-4H3,(H,16,19)/t12-,15+/m1/s1. The van der Waals surface area contributed by atoms with Crippen LogP contribution in [-0.4, -0.2) is 53.9 Å². The number of hydrogen-bond acceptors (Lipinski definition) is 3. The first kappa shape index (κ1) is 17.2. The number of amides is 2. The predicted molar refractivity (Wildman–Crippen MR) is 81.7 cm³/mol. The average Bonchev–Trinajstić information content (AvgIpc) is 2.45. The van der Waals surface area contributed by atoms with Crippen LogP contribution in [0.2, 0.25) is 0 Å². The van der Waals surface area contributed by atoms with Gasteiger partial charge in [0.25, 0.3) is 0 Å². The van der Waals surface area contributed by atoms with Gasteiger partial charge in [-0.15, -0.1) is 0 Å². The molecule has 0 aromatic rings. The maximum Gasteiger partial charge on any atom is 0.317 e. The zero-order valence-corrected chi connectivity index (χ0v) is 13.4. The molecule has 3 N–H and O–H groups in total. The lowest BCUT2D eigenvalue weighted by Gasteiger charge is -2.36. The van der Waals surface area contributed by atoms with Crippen molar-refractivity contribution >= 4 is 6.03 Å². The van der Waals surface area contributed by atoms with Crippen molar-refractivity contribution in [3.05, 3.63) is 0 Å². The Kier molecular flexibility index (Phi) is 6.76. The second-order valence-electron chi connectivity index (χ2n) is 6.14. The van der Waals surface area contributed by atoms with Gasteiger partial charge in [-0.05, 0) is 32.6 Å². The molecular formula is C15H31N3O2. The van der Waals surface area contributed by atoms with Crippen LogP contribution in [0, 0.1) is 5.92 Å². The Labute approximate surface area is 123 Å². The van der Waals surface area contributed by atoms with Gasteiger partial charge in [0.2, 0.25) is 0 Å². The van der Waals surface area contributed by atoms with Crippen LogP contribution < -0.4 is 10.6 Å². The smallest absolute Gasteiger partial charge is 0.317 e. The van der Waals surface area contributed by atoms with Crippen LogP contribution in [0.1, 0.15) is 47.0 Å². The Bertz CT molecular complexity index is 299. The monoisotopic (exact) mass is 285 g/mol. The lowest BCUT2D eigenvalue weighted by molar-refractivity contribution is 0.00171. The fourth-order valence-corrected chi connectivity index (χ4v) is 2.51. The summed E-state index contributed by atoms with van der Waals surface area (Å²) < 4.78 is 0. The first-order chi connectivity index (χ1) is 9.40. The molecule has 1 heterocycles. The molecule has 1 fully saturated rings. The number of hydrogen-bond donors (Lipinski definition) is 3. The number of aliphatic hydroxyl groups is 1. The third kappa shape index (κ3) is 4.94. The van der Waals surface area contributed by atoms with Gasteiger partial charge >= 0.3 is 6.03 Å². The van der Waals surface area contributed by atoms with E-state index >= 15 is 0 Å². The number of rotatable bonds is 6. The third-order valence-corrected chi connectivity index (χ3v) is 4.53. The molecule has 118 valence electrons. The van der Waals surface area contributed by atoms with Crippen LogP contribution in [0.15, 0.2) is 0 Å². The highest BCUT2D eigenvalue weighted by Crippen LogP contribution is 2.20. The van der Waals surface area contributed by atoms with Gasteiger partial charge in [0, 0.05) is 32.2 Å². The molecule has 2 atom stereocenters. The normalized spacial score (nSPS) is 21.4. The van der Waals surface area contributed by atoms with Crippen molar-refractivity contribution < 1.29 is 9.90 Å². The second kappa shape index (κ2) is 7.84. The van der Waals surface area contributed by atoms with Crippen molar-refractivity contribution in [2.75, 3.05) is 26.2 Å². The van der Waals surface area contributed by atoms with E-state index in [1.54, 1.807) is 0 Å². The third-order valence-electron chi connectivity index (χ3n) is 4.53. The van der Waals surface area contributed by atoms with Crippen LogP contribution in [-0.2, 0) is 0 Å². The molecule has 0 bridgehead atoms. The van der Waals surface area contributed by atoms with Crippen molar-refractivity contribution in [2.24, 2.45) is 5.92 Å². The number of nitrogens with one attached hydrogen (secondary N) is 2. The van der Waals surface area contributed by atoms with Crippen LogP contribution in [0.3, 0.4) is 0 Å². The minimum absolute atomic E-state index is 0.0394. The van der Waals surface area contributed by atoms with E-state index < -0.39 is 5.60 Å². The highest BCUT2D eigenvalue weighted by molar-refractivity contribution is 5.74. The van der Waals surface area contributed by atoms with Crippen LogP contribution in [0.25, 0.3) is 0 Å². The van der Waals surface area contributed by atoms with E-state index in [0.717, 1.165) is 32.4 Å². The Balaban J connectivity index is 2.31. The fraction of sp³-hybridized carbons (Fsp3) is 0.933. The largest absolute Gasteiger partial charge is 0.389 e. The average molecular weight is 285 g/mol. The molecule has 1 aliphatic rings. The number of nitrogens with zero attached hydrogens (tertiary/aromatic N) is 1. The van der Waals surface area contributed by atoms with E-state index in [9.17, 15) is 9.90 Å². The molecule has 0 aromatic carbocycles. The van der Waals surface area contributed by atoms with Gasteiger partial charge in [-0.1, -0.05) is 20.3 Å². The van der Waals surface area contributed by atoms with Gasteiger partial charge in [-0.3, -0.25) is 0 Å². The molecule has 5 heteroatoms. The Morgan fingerprint density at radius 3 is 2.50 bits per heavy atom. The van der Waals surface area contributed by atoms with Gasteiger partial charge in [0.15, 0.2) is 0 Å². The zero-order chi connectivity index (χ0) is 15.2. The van der Waals surface area contributed by atoms with Gasteiger partial charge in [-0.25, -0.2) is 4.79 Å². The van der Waals surface area contributed by atoms with Crippen molar-refractivity contribution in [3.8, 4) is 0 Å². The first-order valence-corrected chi connectivity index (χ1v) is 7.89. The summed E-state index contributed by atoms with van der Waals surface area (Å²) >= 11 is 0. The molecule has 0 spiro atoms. The maximum absolute atomic E-state index is 11.7. The molecule has 2 amide bonds. The summed E-state index contributed by atoms with van der Waals surface area (Å²) in [6.07, 6.45) is 2.88. The Morgan fingerprint density at radius 2 is 2.00 bits per heavy atom. The highest BCUT2D eigenvalue weighted by atomic mass is 16.3. The second-order valence-corrected chi connectivity index (χ2v) is 6.14. The molecule has 20 heavy (non-hydrogen) atoms. The molecule has 1 saturated heterocycles. The number of carbonyl (C=O) groups is 1. The van der Waals surface area contributed by atoms with Crippen molar-refractivity contribution in [1.29, 1.82) is 0 Å². The number of piperidine rings is 1. The summed E-state index contributed by atoms with van der Waals surface area (Å²) in [7, 11) is 0. The predicted octanol–water partition coefficient (Wildman–Crippen LogP) is 1.57. The number of urea groups is 1. The lowest BCUT2D eigenvalue weighted by atomic mass is 9.88. The quantitative estimate of drug-likeness (QED) is 0.694. The summed E-state index contributed by atoms with van der Waals surface area (Å²) in [6, 6.07) is 0.439. The zero-order valence-electron chi connectivity index (χ0n) is 13.4. The number of likely N-dealkylation sites (tertiary alicyclic amines) is 1. The summed E-state index contributed by atoms with van der Waals surface area (Å²) in [5.41, 5.74) is -0.661. The molecule has 0 saturated carbocycles. The maximum atomic E-state index is 11.7. The fourth-order valence-electron chi connectivity index (χ4n) is 2.51. The van der Waals surface area contributed by atoms with Crippen LogP contribution in [0.4, 0.5) is 4.79 Å². The van der Waals surface area contributed by atoms with Gasteiger partial charge < -0.3 is 20.6 Å². The molecule has 0 unspecified atom stereocenters. The van der Waals surface area contributed by atoms with Gasteiger partial charge in [-0.2, -0.15) is 0 Å². The molecular weight excluding hydrogens is 254 g/mol. The summed E-state index contributed by atoms with van der Waals surface area (Å²) in [5, 5.41) is 16.7. The van der Waals surface area contributed by atoms with E-state index in [2.05, 4.69) is 24.5 Å². The summed E-state index contributed by atoms with van der Waals surface area (Å²) in [5.74, 6) is 0.283. The minimum Gasteiger partial charge on any atom is -0.389 e. The van der Waals surface area contributed by atoms with E-state index in [4.69, 9.17) is 0 Å². The van der Waals surface area contributed by atoms with E-state index in [-0.39, 0.29) is 11.9 Å². The minimum atomic E-state index is -0.661. The van der Waals surface area contributed by atoms with E-state index in [1.807, 2.05) is 18.7 Å². The van der Waals surface area contributed by atoms with Crippen molar-refractivity contribution in [3.63, 3.8) is 0 Å². The summed E-state index contributed by atoms with van der Waals surface area (Å²) in [6.45, 7) is 10.9. The molecule has 5 nitrogen and oxygen atoms in total. The number of carbonyl (C=O) groups excluding carboxylic acids is 1. The molecule has 0 aromatic heterocycles. The molecule has 0 radical (unpaired) electrons. The Morgan fingerprint density at radius 1 is 1.40 bits per heavy atom. The molecule has 0 aliphatic carbocycles. The summed E-state index contributed by atoms with van der Waals surface area (Å²) in [4.78, 5) is 13.6. The highest BCUT2D eigenvalue weighted by Gasteiger charge is 2.29. The lowest BCUT2D eigenvalue weighted by Crippen LogP contribution is -2.51. The molecule has 1 rings (SSSR count). The van der Waals surface area contributed by atoms with Crippen LogP contribution in [0.5, 0.6) is 0 Å². The van der Waals surface area contributed by atoms with Crippen molar-refractivity contribution in [1.82, 2.24) is 15.5 Å². The SMILES string of the molecule is CCNC(=O)N1CCC(NC[C@](C)(O)[C@H](C)CC)CC1. The first-order valence-electron chi connectivity index (χ1n) is 7.89. The van der Waals surface area contributed by atoms with E-state index in [0.29, 0.717) is 19.1 Å². The molecule has 1 aliphatic heterocycles. The Hall–Kier alpha value is -0.810. The van der Waals surface area contributed by atoms with Crippen LogP contribution >= 0.6 is 0 Å². The van der Waals surface area contributed by atoms with Gasteiger partial charge in [0.05, 0.1) is 5.60 Å². The van der Waals surface area contributed by atoms with E-state index in [1.165, 1.54) is 0 Å².